The quantitative estimate of drug-likeness (QED) is 0.427. The van der Waals surface area contributed by atoms with Crippen LogP contribution in [0.3, 0.4) is 0 Å². The number of non-ortho nitro benzene ring substituents is 1. The molecule has 0 aliphatic rings. The Morgan fingerprint density at radius 3 is 2.71 bits per heavy atom. The molecule has 1 aromatic heterocycles. The molecule has 0 N–H and O–H groups in total. The molecule has 0 saturated carbocycles. The number of methoxy groups -OCH3 is 1. The van der Waals surface area contributed by atoms with Gasteiger partial charge in [0.15, 0.2) is 4.80 Å². The fourth-order valence-electron chi connectivity index (χ4n) is 2.59. The SMILES string of the molecule is COCCn1c(=NC(=O)CCOc2ccccc2)sc2cc([N+](=O)[O-])ccc21. The van der Waals surface area contributed by atoms with Crippen molar-refractivity contribution in [3.8, 4) is 5.75 Å². The van der Waals surface area contributed by atoms with E-state index in [1.54, 1.807) is 13.2 Å². The van der Waals surface area contributed by atoms with Gasteiger partial charge in [0, 0.05) is 25.8 Å². The second-order valence-corrected chi connectivity index (χ2v) is 6.86. The summed E-state index contributed by atoms with van der Waals surface area (Å²) in [6.45, 7) is 1.14. The Labute approximate surface area is 164 Å². The number of nitro groups is 1. The molecule has 0 aliphatic carbocycles. The molecule has 8 nitrogen and oxygen atoms in total. The molecule has 9 heteroatoms. The van der Waals surface area contributed by atoms with Gasteiger partial charge in [-0.05, 0) is 18.2 Å². The van der Waals surface area contributed by atoms with Crippen LogP contribution in [-0.2, 0) is 16.1 Å². The van der Waals surface area contributed by atoms with Crippen LogP contribution in [0, 0.1) is 10.1 Å². The average Bonchev–Trinajstić information content (AvgIpc) is 3.03. The van der Waals surface area contributed by atoms with E-state index in [1.807, 2.05) is 34.9 Å². The van der Waals surface area contributed by atoms with E-state index in [2.05, 4.69) is 4.99 Å². The predicted molar refractivity (Wildman–Crippen MR) is 105 cm³/mol. The molecule has 3 rings (SSSR count). The molecule has 0 saturated heterocycles. The third kappa shape index (κ3) is 4.81. The van der Waals surface area contributed by atoms with Crippen molar-refractivity contribution >= 4 is 33.1 Å². The minimum absolute atomic E-state index is 0.00165. The Bertz CT molecular complexity index is 1040. The average molecular weight is 401 g/mol. The smallest absolute Gasteiger partial charge is 0.270 e. The van der Waals surface area contributed by atoms with E-state index in [0.717, 1.165) is 5.52 Å². The van der Waals surface area contributed by atoms with Crippen molar-refractivity contribution in [2.75, 3.05) is 20.3 Å². The monoisotopic (exact) mass is 401 g/mol. The van der Waals surface area contributed by atoms with E-state index >= 15 is 0 Å². The number of carbonyl (C=O) groups is 1. The predicted octanol–water partition coefficient (Wildman–Crippen LogP) is 3.15. The molecule has 0 bridgehead atoms. The molecular weight excluding hydrogens is 382 g/mol. The van der Waals surface area contributed by atoms with Gasteiger partial charge < -0.3 is 14.0 Å². The van der Waals surface area contributed by atoms with Crippen LogP contribution in [0.2, 0.25) is 0 Å². The lowest BCUT2D eigenvalue weighted by Gasteiger charge is -2.05. The van der Waals surface area contributed by atoms with E-state index < -0.39 is 4.92 Å². The van der Waals surface area contributed by atoms with Crippen LogP contribution >= 0.6 is 11.3 Å². The summed E-state index contributed by atoms with van der Waals surface area (Å²) >= 11 is 1.24. The Hall–Kier alpha value is -3.04. The van der Waals surface area contributed by atoms with Gasteiger partial charge >= 0.3 is 0 Å². The van der Waals surface area contributed by atoms with E-state index in [9.17, 15) is 14.9 Å². The standard InChI is InChI=1S/C19H19N3O5S/c1-26-12-10-21-16-8-7-14(22(24)25)13-17(16)28-19(21)20-18(23)9-11-27-15-5-3-2-4-6-15/h2-8,13H,9-12H2,1H3. The van der Waals surface area contributed by atoms with E-state index in [1.165, 1.54) is 23.5 Å². The van der Waals surface area contributed by atoms with Gasteiger partial charge in [0.2, 0.25) is 0 Å². The fourth-order valence-corrected chi connectivity index (χ4v) is 3.70. The Morgan fingerprint density at radius 2 is 2.00 bits per heavy atom. The number of fused-ring (bicyclic) bond motifs is 1. The third-order valence-corrected chi connectivity index (χ3v) is 4.99. The number of rotatable bonds is 8. The highest BCUT2D eigenvalue weighted by Gasteiger charge is 2.12. The summed E-state index contributed by atoms with van der Waals surface area (Å²) < 4.78 is 13.2. The number of para-hydroxylation sites is 1. The molecule has 3 aromatic rings. The number of nitro benzene ring substituents is 1. The number of hydrogen-bond acceptors (Lipinski definition) is 6. The number of carbonyl (C=O) groups excluding carboxylic acids is 1. The van der Waals surface area contributed by atoms with Gasteiger partial charge in [0.25, 0.3) is 11.6 Å². The number of aromatic nitrogens is 1. The number of thiazole rings is 1. The second kappa shape index (κ2) is 9.25. The molecule has 146 valence electrons. The highest BCUT2D eigenvalue weighted by molar-refractivity contribution is 7.16. The highest BCUT2D eigenvalue weighted by Crippen LogP contribution is 2.23. The zero-order valence-corrected chi connectivity index (χ0v) is 16.1. The van der Waals surface area contributed by atoms with Crippen LogP contribution in [0.15, 0.2) is 53.5 Å². The van der Waals surface area contributed by atoms with Crippen LogP contribution in [0.25, 0.3) is 10.2 Å². The minimum Gasteiger partial charge on any atom is -0.493 e. The van der Waals surface area contributed by atoms with Gasteiger partial charge in [0.1, 0.15) is 5.75 Å². The van der Waals surface area contributed by atoms with Crippen molar-refractivity contribution in [2.45, 2.75) is 13.0 Å². The van der Waals surface area contributed by atoms with Crippen molar-refractivity contribution in [2.24, 2.45) is 4.99 Å². The van der Waals surface area contributed by atoms with Crippen LogP contribution in [0.5, 0.6) is 5.75 Å². The maximum absolute atomic E-state index is 12.3. The first kappa shape index (κ1) is 19.7. The Kier molecular flexibility index (Phi) is 6.51. The summed E-state index contributed by atoms with van der Waals surface area (Å²) in [5, 5.41) is 11.0. The summed E-state index contributed by atoms with van der Waals surface area (Å²) in [6, 6.07) is 13.8. The number of benzene rings is 2. The van der Waals surface area contributed by atoms with Crippen molar-refractivity contribution in [3.63, 3.8) is 0 Å². The molecule has 0 aliphatic heterocycles. The maximum Gasteiger partial charge on any atom is 0.270 e. The molecule has 0 atom stereocenters. The molecule has 2 aromatic carbocycles. The lowest BCUT2D eigenvalue weighted by molar-refractivity contribution is -0.384. The van der Waals surface area contributed by atoms with Crippen LogP contribution < -0.4 is 9.54 Å². The largest absolute Gasteiger partial charge is 0.493 e. The van der Waals surface area contributed by atoms with Crippen molar-refractivity contribution in [3.05, 3.63) is 63.4 Å². The van der Waals surface area contributed by atoms with Crippen LogP contribution in [0.1, 0.15) is 6.42 Å². The van der Waals surface area contributed by atoms with Gasteiger partial charge in [-0.3, -0.25) is 14.9 Å². The molecule has 0 unspecified atom stereocenters. The van der Waals surface area contributed by atoms with Crippen LogP contribution in [-0.4, -0.2) is 35.7 Å². The number of ether oxygens (including phenoxy) is 2. The summed E-state index contributed by atoms with van der Waals surface area (Å²) in [5.74, 6) is 0.378. The van der Waals surface area contributed by atoms with Gasteiger partial charge in [-0.2, -0.15) is 4.99 Å². The Morgan fingerprint density at radius 1 is 1.21 bits per heavy atom. The van der Waals surface area contributed by atoms with E-state index in [0.29, 0.717) is 28.4 Å². The zero-order chi connectivity index (χ0) is 19.9. The number of hydrogen-bond donors (Lipinski definition) is 0. The van der Waals surface area contributed by atoms with E-state index in [4.69, 9.17) is 9.47 Å². The van der Waals surface area contributed by atoms with Crippen molar-refractivity contribution in [1.82, 2.24) is 4.57 Å². The second-order valence-electron chi connectivity index (χ2n) is 5.86. The maximum atomic E-state index is 12.3. The molecule has 1 heterocycles. The Balaban J connectivity index is 1.82. The lowest BCUT2D eigenvalue weighted by atomic mass is 10.3. The van der Waals surface area contributed by atoms with Crippen molar-refractivity contribution < 1.29 is 19.2 Å². The first-order valence-corrected chi connectivity index (χ1v) is 9.42. The van der Waals surface area contributed by atoms with Gasteiger partial charge in [-0.1, -0.05) is 29.5 Å². The summed E-state index contributed by atoms with van der Waals surface area (Å²) in [7, 11) is 1.59. The molecule has 0 fully saturated rings. The normalized spacial score (nSPS) is 11.7. The zero-order valence-electron chi connectivity index (χ0n) is 15.2. The van der Waals surface area contributed by atoms with Crippen LogP contribution in [0.4, 0.5) is 5.69 Å². The molecule has 28 heavy (non-hydrogen) atoms. The van der Waals surface area contributed by atoms with E-state index in [-0.39, 0.29) is 24.6 Å². The highest BCUT2D eigenvalue weighted by atomic mass is 32.1. The van der Waals surface area contributed by atoms with Crippen molar-refractivity contribution in [1.29, 1.82) is 0 Å². The fraction of sp³-hybridized carbons (Fsp3) is 0.263. The first-order chi connectivity index (χ1) is 13.6. The van der Waals surface area contributed by atoms with Gasteiger partial charge in [-0.15, -0.1) is 0 Å². The molecular formula is C19H19N3O5S. The molecule has 1 amide bonds. The first-order valence-electron chi connectivity index (χ1n) is 8.60. The molecule has 0 radical (unpaired) electrons. The number of amides is 1. The topological polar surface area (TPSA) is 96.0 Å². The molecule has 0 spiro atoms. The summed E-state index contributed by atoms with van der Waals surface area (Å²) in [6.07, 6.45) is 0.133. The number of nitrogens with zero attached hydrogens (tertiary/aromatic N) is 3. The summed E-state index contributed by atoms with van der Waals surface area (Å²) in [4.78, 5) is 27.5. The minimum atomic E-state index is -0.443. The van der Waals surface area contributed by atoms with Gasteiger partial charge in [-0.25, -0.2) is 0 Å². The third-order valence-electron chi connectivity index (χ3n) is 3.94. The summed E-state index contributed by atoms with van der Waals surface area (Å²) in [5.41, 5.74) is 0.779. The lowest BCUT2D eigenvalue weighted by Crippen LogP contribution is -2.19. The van der Waals surface area contributed by atoms with Gasteiger partial charge in [0.05, 0.1) is 34.8 Å².